The quantitative estimate of drug-likeness (QED) is 0.251. The van der Waals surface area contributed by atoms with Crippen LogP contribution in [0.5, 0.6) is 0 Å². The summed E-state index contributed by atoms with van der Waals surface area (Å²) in [4.78, 5) is 27.4. The highest BCUT2D eigenvalue weighted by Gasteiger charge is 2.27. The van der Waals surface area contributed by atoms with Gasteiger partial charge in [0, 0.05) is 59.4 Å². The number of aromatic carboxylic acids is 1. The van der Waals surface area contributed by atoms with E-state index in [1.54, 1.807) is 12.1 Å². The Morgan fingerprint density at radius 2 is 1.63 bits per heavy atom. The highest BCUT2D eigenvalue weighted by molar-refractivity contribution is 6.10. The predicted molar refractivity (Wildman–Crippen MR) is 140 cm³/mol. The van der Waals surface area contributed by atoms with Crippen molar-refractivity contribution in [2.45, 2.75) is 20.8 Å². The van der Waals surface area contributed by atoms with Crippen LogP contribution in [0.2, 0.25) is 0 Å². The topological polar surface area (TPSA) is 73.8 Å². The lowest BCUT2D eigenvalue weighted by atomic mass is 9.83. The third-order valence-electron chi connectivity index (χ3n) is 6.18. The molecule has 0 fully saturated rings. The molecule has 0 atom stereocenters. The normalized spacial score (nSPS) is 11.6. The summed E-state index contributed by atoms with van der Waals surface area (Å²) in [5.41, 5.74) is 3.63. The van der Waals surface area contributed by atoms with E-state index in [1.165, 1.54) is 6.07 Å². The molecule has 2 aliphatic rings. The zero-order valence-electron chi connectivity index (χ0n) is 21.3. The minimum atomic E-state index is -1.05. The number of Topliss-reactive ketones (excluding diaryl/α,β-unsaturated/α-hetero) is 1. The minimum absolute atomic E-state index is 0.0466. The molecule has 0 amide bonds. The van der Waals surface area contributed by atoms with E-state index in [4.69, 9.17) is 4.42 Å². The summed E-state index contributed by atoms with van der Waals surface area (Å²) in [7, 11) is 7.82. The second-order valence-corrected chi connectivity index (χ2v) is 10.3. The number of carboxylic acids is 1. The SMILES string of the molecule is CN(C)c1ccc2c(-c3cc(C(=O)C(C)(C)C)ccc3C(=O)O)c3ccc(=[N+](C)C)cc-3oc2c1. The van der Waals surface area contributed by atoms with Crippen molar-refractivity contribution in [3.63, 3.8) is 0 Å². The molecule has 2 aromatic carbocycles. The number of rotatable bonds is 4. The van der Waals surface area contributed by atoms with Crippen LogP contribution < -0.4 is 14.8 Å². The molecule has 0 aromatic heterocycles. The van der Waals surface area contributed by atoms with Crippen LogP contribution in [0.15, 0.2) is 59.0 Å². The number of hydrogen-bond donors (Lipinski definition) is 1. The molecule has 6 nitrogen and oxygen atoms in total. The Labute approximate surface area is 205 Å². The fraction of sp³-hybridized carbons (Fsp3) is 0.276. The first-order chi connectivity index (χ1) is 16.4. The van der Waals surface area contributed by atoms with E-state index in [-0.39, 0.29) is 11.3 Å². The average Bonchev–Trinajstić information content (AvgIpc) is 2.80. The fourth-order valence-electron chi connectivity index (χ4n) is 4.23. The van der Waals surface area contributed by atoms with Gasteiger partial charge in [0.15, 0.2) is 5.78 Å². The van der Waals surface area contributed by atoms with Crippen molar-refractivity contribution in [1.29, 1.82) is 0 Å². The van der Waals surface area contributed by atoms with Gasteiger partial charge in [-0.1, -0.05) is 26.8 Å². The number of hydrogen-bond acceptors (Lipinski definition) is 4. The monoisotopic (exact) mass is 471 g/mol. The van der Waals surface area contributed by atoms with E-state index in [9.17, 15) is 14.7 Å². The molecule has 1 N–H and O–H groups in total. The zero-order chi connectivity index (χ0) is 25.7. The smallest absolute Gasteiger partial charge is 0.336 e. The van der Waals surface area contributed by atoms with Gasteiger partial charge in [-0.05, 0) is 35.9 Å². The van der Waals surface area contributed by atoms with Crippen molar-refractivity contribution in [2.75, 3.05) is 33.1 Å². The van der Waals surface area contributed by atoms with Crippen molar-refractivity contribution < 1.29 is 19.1 Å². The van der Waals surface area contributed by atoms with E-state index in [2.05, 4.69) is 0 Å². The van der Waals surface area contributed by atoms with Crippen LogP contribution in [-0.4, -0.2) is 45.0 Å². The molecule has 35 heavy (non-hydrogen) atoms. The van der Waals surface area contributed by atoms with Crippen molar-refractivity contribution >= 4 is 28.4 Å². The predicted octanol–water partition coefficient (Wildman–Crippen LogP) is 5.23. The summed E-state index contributed by atoms with van der Waals surface area (Å²) in [6.07, 6.45) is 0. The maximum absolute atomic E-state index is 13.1. The molecular formula is C29H31N2O4+. The lowest BCUT2D eigenvalue weighted by Gasteiger charge is -2.21. The largest absolute Gasteiger partial charge is 0.478 e. The summed E-state index contributed by atoms with van der Waals surface area (Å²) in [6.45, 7) is 5.58. The summed E-state index contributed by atoms with van der Waals surface area (Å²) >= 11 is 0. The van der Waals surface area contributed by atoms with Crippen LogP contribution in [-0.2, 0) is 0 Å². The highest BCUT2D eigenvalue weighted by Crippen LogP contribution is 2.42. The molecule has 1 heterocycles. The zero-order valence-corrected chi connectivity index (χ0v) is 21.3. The van der Waals surface area contributed by atoms with Crippen molar-refractivity contribution in [3.8, 4) is 22.5 Å². The molecule has 6 heteroatoms. The first-order valence-corrected chi connectivity index (χ1v) is 11.5. The number of carbonyl (C=O) groups is 2. The summed E-state index contributed by atoms with van der Waals surface area (Å²) in [5, 5.41) is 11.8. The molecule has 0 radical (unpaired) electrons. The van der Waals surface area contributed by atoms with Gasteiger partial charge >= 0.3 is 5.97 Å². The molecule has 0 bridgehead atoms. The van der Waals surface area contributed by atoms with Gasteiger partial charge in [-0.3, -0.25) is 4.79 Å². The fourth-order valence-corrected chi connectivity index (χ4v) is 4.23. The lowest BCUT2D eigenvalue weighted by molar-refractivity contribution is 0.0697. The third kappa shape index (κ3) is 4.44. The van der Waals surface area contributed by atoms with Crippen LogP contribution in [0.4, 0.5) is 5.69 Å². The van der Waals surface area contributed by atoms with Gasteiger partial charge in [0.05, 0.1) is 11.6 Å². The van der Waals surface area contributed by atoms with Crippen LogP contribution in [0.1, 0.15) is 41.5 Å². The number of anilines is 1. The second kappa shape index (κ2) is 8.69. The third-order valence-corrected chi connectivity index (χ3v) is 6.18. The van der Waals surface area contributed by atoms with E-state index < -0.39 is 11.4 Å². The second-order valence-electron chi connectivity index (χ2n) is 10.3. The Hall–Kier alpha value is -3.93. The van der Waals surface area contributed by atoms with Crippen LogP contribution in [0.3, 0.4) is 0 Å². The standard InChI is InChI=1S/C29H30N2O4/c1-29(2,3)27(32)17-8-11-20(28(33)34)23(14-17)26-21-12-9-18(30(4)5)15-24(21)35-25-16-19(31(6)7)10-13-22(25)26/h8-16H,1-7H3/p+1. The van der Waals surface area contributed by atoms with Crippen LogP contribution in [0.25, 0.3) is 33.4 Å². The number of carboxylic acid groups (broad SMARTS) is 1. The highest BCUT2D eigenvalue weighted by atomic mass is 16.4. The van der Waals surface area contributed by atoms with Crippen LogP contribution >= 0.6 is 0 Å². The summed E-state index contributed by atoms with van der Waals surface area (Å²) in [5.74, 6) is -0.458. The van der Waals surface area contributed by atoms with E-state index in [1.807, 2.05) is 94.8 Å². The molecule has 180 valence electrons. The Balaban J connectivity index is 2.17. The Morgan fingerprint density at radius 3 is 2.23 bits per heavy atom. The van der Waals surface area contributed by atoms with Gasteiger partial charge in [0.1, 0.15) is 25.4 Å². The van der Waals surface area contributed by atoms with Gasteiger partial charge < -0.3 is 14.4 Å². The number of ketones is 1. The van der Waals surface area contributed by atoms with Gasteiger partial charge in [0.25, 0.3) is 0 Å². The maximum atomic E-state index is 13.1. The maximum Gasteiger partial charge on any atom is 0.336 e. The van der Waals surface area contributed by atoms with Crippen molar-refractivity contribution in [3.05, 3.63) is 71.1 Å². The van der Waals surface area contributed by atoms with Gasteiger partial charge in [-0.25, -0.2) is 9.37 Å². The average molecular weight is 472 g/mol. The molecule has 1 aliphatic carbocycles. The number of fused-ring (bicyclic) bond motifs is 2. The van der Waals surface area contributed by atoms with E-state index >= 15 is 0 Å². The molecule has 2 aromatic rings. The van der Waals surface area contributed by atoms with Crippen molar-refractivity contribution in [1.82, 2.24) is 4.58 Å². The molecule has 0 saturated carbocycles. The van der Waals surface area contributed by atoms with Crippen LogP contribution in [0, 0.1) is 5.41 Å². The molecular weight excluding hydrogens is 440 g/mol. The Bertz CT molecular complexity index is 1520. The van der Waals surface area contributed by atoms with Crippen molar-refractivity contribution in [2.24, 2.45) is 5.41 Å². The Morgan fingerprint density at radius 1 is 0.914 bits per heavy atom. The Kier molecular flexibility index (Phi) is 6.01. The molecule has 0 unspecified atom stereocenters. The molecule has 0 saturated heterocycles. The first kappa shape index (κ1) is 24.2. The van der Waals surface area contributed by atoms with E-state index in [0.717, 1.165) is 27.6 Å². The van der Waals surface area contributed by atoms with Gasteiger partial charge in [-0.15, -0.1) is 0 Å². The molecule has 0 spiro atoms. The van der Waals surface area contributed by atoms with Gasteiger partial charge in [0.2, 0.25) is 5.36 Å². The number of nitrogens with zero attached hydrogens (tertiary/aromatic N) is 2. The summed E-state index contributed by atoms with van der Waals surface area (Å²) < 4.78 is 8.34. The minimum Gasteiger partial charge on any atom is -0.478 e. The van der Waals surface area contributed by atoms with Gasteiger partial charge in [-0.2, -0.15) is 0 Å². The molecule has 1 aliphatic heterocycles. The molecule has 4 rings (SSSR count). The number of carbonyl (C=O) groups excluding carboxylic acids is 1. The first-order valence-electron chi connectivity index (χ1n) is 11.5. The number of benzene rings is 3. The lowest BCUT2D eigenvalue weighted by Crippen LogP contribution is -2.21. The van der Waals surface area contributed by atoms with E-state index in [0.29, 0.717) is 22.5 Å². The summed E-state index contributed by atoms with van der Waals surface area (Å²) in [6, 6.07) is 16.6.